The van der Waals surface area contributed by atoms with Gasteiger partial charge in [-0.05, 0) is 30.0 Å². The second kappa shape index (κ2) is 7.46. The molecule has 1 atom stereocenters. The van der Waals surface area contributed by atoms with Crippen molar-refractivity contribution in [1.82, 2.24) is 10.2 Å². The smallest absolute Gasteiger partial charge is 0.410 e. The average molecular weight is 290 g/mol. The Morgan fingerprint density at radius 3 is 2.52 bits per heavy atom. The molecule has 1 aromatic rings. The van der Waals surface area contributed by atoms with E-state index >= 15 is 0 Å². The van der Waals surface area contributed by atoms with Gasteiger partial charge in [0.1, 0.15) is 6.61 Å². The fraction of sp³-hybridized carbons (Fsp3) is 0.588. The lowest BCUT2D eigenvalue weighted by atomic mass is 9.99. The Hall–Kier alpha value is -1.55. The first-order chi connectivity index (χ1) is 10.1. The van der Waals surface area contributed by atoms with Crippen molar-refractivity contribution in [1.29, 1.82) is 0 Å². The number of carbonyl (C=O) groups is 1. The molecule has 1 fully saturated rings. The normalized spacial score (nSPS) is 16.4. The van der Waals surface area contributed by atoms with Crippen LogP contribution in [0, 0.1) is 5.92 Å². The van der Waals surface area contributed by atoms with Crippen molar-refractivity contribution in [2.75, 3.05) is 26.2 Å². The van der Waals surface area contributed by atoms with E-state index < -0.39 is 0 Å². The summed E-state index contributed by atoms with van der Waals surface area (Å²) in [5, 5.41) is 3.46. The van der Waals surface area contributed by atoms with Crippen LogP contribution in [0.1, 0.15) is 37.9 Å². The van der Waals surface area contributed by atoms with Gasteiger partial charge < -0.3 is 15.0 Å². The Morgan fingerprint density at radius 2 is 2.00 bits per heavy atom. The van der Waals surface area contributed by atoms with E-state index in [9.17, 15) is 4.79 Å². The number of nitrogens with one attached hydrogen (secondary N) is 1. The molecule has 0 saturated carbocycles. The van der Waals surface area contributed by atoms with Gasteiger partial charge >= 0.3 is 6.09 Å². The van der Waals surface area contributed by atoms with Crippen LogP contribution in [0.15, 0.2) is 24.3 Å². The number of hydrogen-bond acceptors (Lipinski definition) is 3. The number of likely N-dealkylation sites (N-methyl/N-ethyl adjacent to an activating group) is 1. The zero-order valence-corrected chi connectivity index (χ0v) is 13.3. The maximum Gasteiger partial charge on any atom is 0.410 e. The van der Waals surface area contributed by atoms with Crippen molar-refractivity contribution in [3.05, 3.63) is 35.4 Å². The van der Waals surface area contributed by atoms with Crippen molar-refractivity contribution in [2.24, 2.45) is 5.92 Å². The lowest BCUT2D eigenvalue weighted by Crippen LogP contribution is -2.35. The summed E-state index contributed by atoms with van der Waals surface area (Å²) in [7, 11) is 0. The number of ether oxygens (including phenoxy) is 1. The maximum atomic E-state index is 11.6. The van der Waals surface area contributed by atoms with E-state index in [1.807, 2.05) is 0 Å². The highest BCUT2D eigenvalue weighted by Gasteiger charge is 2.25. The number of rotatable bonds is 7. The van der Waals surface area contributed by atoms with E-state index in [0.717, 1.165) is 13.0 Å². The first-order valence-electron chi connectivity index (χ1n) is 7.84. The van der Waals surface area contributed by atoms with Gasteiger partial charge in [0.05, 0.1) is 12.6 Å². The van der Waals surface area contributed by atoms with E-state index in [-0.39, 0.29) is 12.1 Å². The Labute approximate surface area is 127 Å². The van der Waals surface area contributed by atoms with Crippen LogP contribution in [0.5, 0.6) is 0 Å². The number of amides is 1. The van der Waals surface area contributed by atoms with Crippen LogP contribution >= 0.6 is 0 Å². The summed E-state index contributed by atoms with van der Waals surface area (Å²) in [6, 6.07) is 8.90. The first-order valence-corrected chi connectivity index (χ1v) is 7.84. The molecule has 0 bridgehead atoms. The summed E-state index contributed by atoms with van der Waals surface area (Å²) < 4.78 is 5.00. The summed E-state index contributed by atoms with van der Waals surface area (Å²) in [5.41, 5.74) is 2.59. The molecule has 1 aliphatic heterocycles. The molecule has 4 heteroatoms. The molecule has 0 radical (unpaired) electrons. The molecule has 4 nitrogen and oxygen atoms in total. The molecule has 21 heavy (non-hydrogen) atoms. The number of cyclic esters (lactones) is 1. The minimum atomic E-state index is -0.200. The molecule has 1 aliphatic rings. The van der Waals surface area contributed by atoms with Gasteiger partial charge in [-0.15, -0.1) is 0 Å². The van der Waals surface area contributed by atoms with E-state index in [1.165, 1.54) is 11.1 Å². The largest absolute Gasteiger partial charge is 0.448 e. The minimum absolute atomic E-state index is 0.161. The van der Waals surface area contributed by atoms with Crippen molar-refractivity contribution in [3.63, 3.8) is 0 Å². The third kappa shape index (κ3) is 4.46. The van der Waals surface area contributed by atoms with E-state index in [0.29, 0.717) is 25.6 Å². The zero-order chi connectivity index (χ0) is 15.2. The van der Waals surface area contributed by atoms with Gasteiger partial charge in [0.2, 0.25) is 0 Å². The van der Waals surface area contributed by atoms with Gasteiger partial charge in [0, 0.05) is 6.54 Å². The predicted octanol–water partition coefficient (Wildman–Crippen LogP) is 2.99. The van der Waals surface area contributed by atoms with E-state index in [4.69, 9.17) is 4.74 Å². The maximum absolute atomic E-state index is 11.6. The van der Waals surface area contributed by atoms with Gasteiger partial charge in [0.15, 0.2) is 0 Å². The molecule has 1 aromatic carbocycles. The van der Waals surface area contributed by atoms with E-state index in [1.54, 1.807) is 4.90 Å². The van der Waals surface area contributed by atoms with Gasteiger partial charge in [-0.2, -0.15) is 0 Å². The molecule has 1 N–H and O–H groups in total. The van der Waals surface area contributed by atoms with Crippen molar-refractivity contribution < 1.29 is 9.53 Å². The highest BCUT2D eigenvalue weighted by molar-refractivity contribution is 5.69. The predicted molar refractivity (Wildman–Crippen MR) is 84.3 cm³/mol. The molecule has 116 valence electrons. The van der Waals surface area contributed by atoms with Crippen LogP contribution in [-0.4, -0.2) is 37.2 Å². The molecule has 0 aliphatic carbocycles. The summed E-state index contributed by atoms with van der Waals surface area (Å²) in [6.07, 6.45) is 0.902. The topological polar surface area (TPSA) is 41.6 Å². The van der Waals surface area contributed by atoms with Crippen molar-refractivity contribution in [3.8, 4) is 0 Å². The number of hydrogen-bond donors (Lipinski definition) is 1. The molecule has 2 rings (SSSR count). The van der Waals surface area contributed by atoms with Crippen LogP contribution in [-0.2, 0) is 11.2 Å². The number of nitrogens with zero attached hydrogens (tertiary/aromatic N) is 1. The highest BCUT2D eigenvalue weighted by Crippen LogP contribution is 2.18. The Balaban J connectivity index is 2.04. The fourth-order valence-electron chi connectivity index (χ4n) is 2.70. The summed E-state index contributed by atoms with van der Waals surface area (Å²) in [5.74, 6) is 0.666. The van der Waals surface area contributed by atoms with Gasteiger partial charge in [-0.1, -0.05) is 45.0 Å². The highest BCUT2D eigenvalue weighted by atomic mass is 16.6. The summed E-state index contributed by atoms with van der Waals surface area (Å²) >= 11 is 0. The monoisotopic (exact) mass is 290 g/mol. The first kappa shape index (κ1) is 15.8. The summed E-state index contributed by atoms with van der Waals surface area (Å²) in [6.45, 7) is 9.28. The number of benzene rings is 1. The Kier molecular flexibility index (Phi) is 5.62. The number of carbonyl (C=O) groups excluding carboxylic acids is 1. The standard InChI is InChI=1S/C17H26N2O2/c1-4-18-16(12-19-9-10-21-17(19)20)15-7-5-14(6-8-15)11-13(2)3/h5-8,13,16,18H,4,9-12H2,1-3H3. The molecular weight excluding hydrogens is 264 g/mol. The molecule has 1 unspecified atom stereocenters. The summed E-state index contributed by atoms with van der Waals surface area (Å²) in [4.78, 5) is 13.4. The lowest BCUT2D eigenvalue weighted by molar-refractivity contribution is 0.156. The molecule has 0 spiro atoms. The fourth-order valence-corrected chi connectivity index (χ4v) is 2.70. The SMILES string of the molecule is CCNC(CN1CCOC1=O)c1ccc(CC(C)C)cc1. The van der Waals surface area contributed by atoms with E-state index in [2.05, 4.69) is 50.4 Å². The third-order valence-electron chi connectivity index (χ3n) is 3.72. The quantitative estimate of drug-likeness (QED) is 0.839. The van der Waals surface area contributed by atoms with Crippen molar-refractivity contribution >= 4 is 6.09 Å². The lowest BCUT2D eigenvalue weighted by Gasteiger charge is -2.23. The molecule has 0 aromatic heterocycles. The van der Waals surface area contributed by atoms with Crippen LogP contribution in [0.4, 0.5) is 4.79 Å². The van der Waals surface area contributed by atoms with Gasteiger partial charge in [-0.3, -0.25) is 0 Å². The van der Waals surface area contributed by atoms with Crippen LogP contribution < -0.4 is 5.32 Å². The third-order valence-corrected chi connectivity index (χ3v) is 3.72. The van der Waals surface area contributed by atoms with Crippen LogP contribution in [0.3, 0.4) is 0 Å². The van der Waals surface area contributed by atoms with Crippen LogP contribution in [0.25, 0.3) is 0 Å². The minimum Gasteiger partial charge on any atom is -0.448 e. The van der Waals surface area contributed by atoms with Gasteiger partial charge in [0.25, 0.3) is 0 Å². The van der Waals surface area contributed by atoms with Crippen molar-refractivity contribution in [2.45, 2.75) is 33.2 Å². The molecule has 1 amide bonds. The Morgan fingerprint density at radius 1 is 1.29 bits per heavy atom. The second-order valence-electron chi connectivity index (χ2n) is 6.01. The zero-order valence-electron chi connectivity index (χ0n) is 13.3. The van der Waals surface area contributed by atoms with Gasteiger partial charge in [-0.25, -0.2) is 4.79 Å². The molecule has 1 heterocycles. The average Bonchev–Trinajstić information content (AvgIpc) is 2.84. The molecule has 1 saturated heterocycles. The Bertz CT molecular complexity index is 456. The second-order valence-corrected chi connectivity index (χ2v) is 6.01. The molecular formula is C17H26N2O2. The van der Waals surface area contributed by atoms with Crippen LogP contribution in [0.2, 0.25) is 0 Å².